The van der Waals surface area contributed by atoms with Crippen LogP contribution in [0.3, 0.4) is 0 Å². The van der Waals surface area contributed by atoms with Gasteiger partial charge in [0.25, 0.3) is 5.92 Å². The maximum Gasteiger partial charge on any atom is 0.277 e. The van der Waals surface area contributed by atoms with E-state index in [-0.39, 0.29) is 34.2 Å². The predicted octanol–water partition coefficient (Wildman–Crippen LogP) is 4.84. The Bertz CT molecular complexity index is 1060. The third kappa shape index (κ3) is 6.09. The predicted molar refractivity (Wildman–Crippen MR) is 122 cm³/mol. The van der Waals surface area contributed by atoms with Crippen LogP contribution in [0.1, 0.15) is 12.0 Å². The van der Waals surface area contributed by atoms with Crippen LogP contribution in [-0.2, 0) is 16.0 Å². The number of ether oxygens (including phenoxy) is 1. The number of nitrogens with one attached hydrogen (secondary N) is 1. The lowest BCUT2D eigenvalue weighted by atomic mass is 9.95. The molecule has 0 saturated carbocycles. The van der Waals surface area contributed by atoms with Crippen LogP contribution in [0, 0.1) is 22.3 Å². The van der Waals surface area contributed by atoms with Gasteiger partial charge in [-0.25, -0.2) is 22.3 Å². The summed E-state index contributed by atoms with van der Waals surface area (Å²) in [5, 5.41) is 10.6. The second kappa shape index (κ2) is 11.5. The second-order valence-corrected chi connectivity index (χ2v) is 9.03. The molecule has 0 aromatic heterocycles. The molecular formula is C23H22ClF4N3O2S. The molecule has 2 aromatic rings. The topological polar surface area (TPSA) is 65.4 Å². The summed E-state index contributed by atoms with van der Waals surface area (Å²) >= 11 is 6.42. The first-order chi connectivity index (χ1) is 16.2. The standard InChI is InChI=1S/C19H16ClF4N3S.C4H6O2/c1-27-9-19(23,24)18(26-28-10-25)16(27)7-11-3-2-4-13(17(11)22)14-8-12(20)5-6-15(14)21;5-3-4-1-2-6-4/h2-6,8,16,18,26H,7,9H2,1H3;3-4H,1-2H2. The van der Waals surface area contributed by atoms with E-state index in [0.29, 0.717) is 11.9 Å². The van der Waals surface area contributed by atoms with Crippen molar-refractivity contribution in [3.63, 3.8) is 0 Å². The SMILES string of the molecule is CN1CC(F)(F)C(NSC#N)C1Cc1cccc(-c2cc(Cl)ccc2F)c1F.O=CC1CCO1. The number of rotatable bonds is 6. The number of carbonyl (C=O) groups excluding carboxylic acids is 1. The summed E-state index contributed by atoms with van der Waals surface area (Å²) in [6.07, 6.45) is 1.66. The van der Waals surface area contributed by atoms with Gasteiger partial charge in [-0.15, -0.1) is 0 Å². The molecule has 2 aliphatic rings. The lowest BCUT2D eigenvalue weighted by molar-refractivity contribution is -0.129. The average molecular weight is 516 g/mol. The Morgan fingerprint density at radius 2 is 2.06 bits per heavy atom. The summed E-state index contributed by atoms with van der Waals surface area (Å²) in [7, 11) is 1.52. The Hall–Kier alpha value is -2.16. The number of alkyl halides is 2. The van der Waals surface area contributed by atoms with E-state index in [0.717, 1.165) is 25.4 Å². The summed E-state index contributed by atoms with van der Waals surface area (Å²) < 4.78 is 65.1. The van der Waals surface area contributed by atoms with Crippen molar-refractivity contribution in [3.05, 3.63) is 58.6 Å². The summed E-state index contributed by atoms with van der Waals surface area (Å²) in [5.74, 6) is -4.38. The Kier molecular flexibility index (Phi) is 8.95. The lowest BCUT2D eigenvalue weighted by Gasteiger charge is -2.26. The molecule has 5 nitrogen and oxygen atoms in total. The van der Waals surface area contributed by atoms with Crippen LogP contribution in [-0.4, -0.2) is 55.5 Å². The van der Waals surface area contributed by atoms with E-state index < -0.39 is 36.2 Å². The van der Waals surface area contributed by atoms with E-state index in [1.807, 2.05) is 0 Å². The molecule has 2 aromatic carbocycles. The van der Waals surface area contributed by atoms with Gasteiger partial charge < -0.3 is 9.53 Å². The molecule has 3 unspecified atom stereocenters. The quantitative estimate of drug-likeness (QED) is 0.257. The molecule has 0 bridgehead atoms. The van der Waals surface area contributed by atoms with E-state index in [2.05, 4.69) is 4.72 Å². The minimum absolute atomic E-state index is 0.00617. The number of nitrogens with zero attached hydrogens (tertiary/aromatic N) is 2. The van der Waals surface area contributed by atoms with Crippen LogP contribution in [0.15, 0.2) is 36.4 Å². The molecule has 2 heterocycles. The number of aldehydes is 1. The molecule has 4 rings (SSSR count). The van der Waals surface area contributed by atoms with Gasteiger partial charge in [-0.2, -0.15) is 5.26 Å². The smallest absolute Gasteiger partial charge is 0.277 e. The number of carbonyl (C=O) groups is 1. The second-order valence-electron chi connectivity index (χ2n) is 7.97. The van der Waals surface area contributed by atoms with Crippen molar-refractivity contribution in [1.29, 1.82) is 5.26 Å². The van der Waals surface area contributed by atoms with Crippen molar-refractivity contribution in [2.24, 2.45) is 0 Å². The van der Waals surface area contributed by atoms with E-state index in [1.165, 1.54) is 36.2 Å². The van der Waals surface area contributed by atoms with E-state index in [9.17, 15) is 18.0 Å². The van der Waals surface area contributed by atoms with Crippen molar-refractivity contribution < 1.29 is 27.1 Å². The molecule has 34 heavy (non-hydrogen) atoms. The first-order valence-corrected chi connectivity index (χ1v) is 11.6. The minimum Gasteiger partial charge on any atom is -0.371 e. The molecule has 2 saturated heterocycles. The average Bonchev–Trinajstić information content (AvgIpc) is 2.96. The normalized spacial score (nSPS) is 23.4. The van der Waals surface area contributed by atoms with Gasteiger partial charge >= 0.3 is 0 Å². The van der Waals surface area contributed by atoms with E-state index in [4.69, 9.17) is 21.6 Å². The zero-order valence-corrected chi connectivity index (χ0v) is 19.7. The van der Waals surface area contributed by atoms with Gasteiger partial charge in [-0.05, 0) is 37.2 Å². The monoisotopic (exact) mass is 515 g/mol. The molecule has 2 fully saturated rings. The molecule has 0 radical (unpaired) electrons. The number of hydrogen-bond acceptors (Lipinski definition) is 6. The largest absolute Gasteiger partial charge is 0.371 e. The number of nitriles is 1. The highest BCUT2D eigenvalue weighted by Gasteiger charge is 2.53. The summed E-state index contributed by atoms with van der Waals surface area (Å²) in [5.41, 5.74) is 0.202. The molecule has 182 valence electrons. The summed E-state index contributed by atoms with van der Waals surface area (Å²) in [4.78, 5) is 11.1. The first-order valence-electron chi connectivity index (χ1n) is 10.4. The highest BCUT2D eigenvalue weighted by Crippen LogP contribution is 2.36. The van der Waals surface area contributed by atoms with Crippen molar-refractivity contribution in [2.45, 2.75) is 37.0 Å². The van der Waals surface area contributed by atoms with Crippen molar-refractivity contribution in [3.8, 4) is 16.5 Å². The molecule has 2 aliphatic heterocycles. The van der Waals surface area contributed by atoms with Gasteiger partial charge in [0.05, 0.1) is 19.2 Å². The van der Waals surface area contributed by atoms with Crippen molar-refractivity contribution in [2.75, 3.05) is 20.2 Å². The number of halogens is 5. The Labute approximate surface area is 204 Å². The molecule has 0 amide bonds. The van der Waals surface area contributed by atoms with Gasteiger partial charge in [0.2, 0.25) is 0 Å². The molecule has 0 spiro atoms. The van der Waals surface area contributed by atoms with E-state index >= 15 is 4.39 Å². The highest BCUT2D eigenvalue weighted by atomic mass is 35.5. The lowest BCUT2D eigenvalue weighted by Crippen LogP contribution is -2.46. The first kappa shape index (κ1) is 26.4. The Morgan fingerprint density at radius 1 is 1.32 bits per heavy atom. The fraction of sp³-hybridized carbons (Fsp3) is 0.391. The number of benzene rings is 2. The van der Waals surface area contributed by atoms with Gasteiger partial charge in [0, 0.05) is 40.6 Å². The minimum atomic E-state index is -3.07. The van der Waals surface area contributed by atoms with Gasteiger partial charge in [-0.1, -0.05) is 29.8 Å². The van der Waals surface area contributed by atoms with Crippen LogP contribution < -0.4 is 4.72 Å². The molecule has 3 atom stereocenters. The van der Waals surface area contributed by atoms with Crippen LogP contribution in [0.4, 0.5) is 17.6 Å². The molecule has 0 aliphatic carbocycles. The summed E-state index contributed by atoms with van der Waals surface area (Å²) in [6, 6.07) is 6.21. The molecule has 1 N–H and O–H groups in total. The molecular weight excluding hydrogens is 494 g/mol. The number of thiocyanates is 1. The maximum absolute atomic E-state index is 15.1. The number of hydrogen-bond donors (Lipinski definition) is 1. The maximum atomic E-state index is 15.1. The summed E-state index contributed by atoms with van der Waals surface area (Å²) in [6.45, 7) is 0.259. The number of likely N-dealkylation sites (tertiary alicyclic amines) is 1. The van der Waals surface area contributed by atoms with Gasteiger partial charge in [-0.3, -0.25) is 4.90 Å². The fourth-order valence-electron chi connectivity index (χ4n) is 3.85. The third-order valence-corrected chi connectivity index (χ3v) is 6.41. The van der Waals surface area contributed by atoms with Gasteiger partial charge in [0.1, 0.15) is 29.4 Å². The van der Waals surface area contributed by atoms with Crippen LogP contribution in [0.25, 0.3) is 11.1 Å². The number of likely N-dealkylation sites (N-methyl/N-ethyl adjacent to an activating group) is 1. The van der Waals surface area contributed by atoms with Crippen molar-refractivity contribution in [1.82, 2.24) is 9.62 Å². The van der Waals surface area contributed by atoms with Crippen molar-refractivity contribution >= 4 is 29.8 Å². The third-order valence-electron chi connectivity index (χ3n) is 5.71. The zero-order valence-electron chi connectivity index (χ0n) is 18.1. The Balaban J connectivity index is 0.000000469. The fourth-order valence-corrected chi connectivity index (χ4v) is 4.53. The molecule has 11 heteroatoms. The van der Waals surface area contributed by atoms with Crippen LogP contribution in [0.2, 0.25) is 5.02 Å². The van der Waals surface area contributed by atoms with E-state index in [1.54, 1.807) is 11.5 Å². The highest BCUT2D eigenvalue weighted by molar-refractivity contribution is 8.01. The van der Waals surface area contributed by atoms with Crippen LogP contribution >= 0.6 is 23.5 Å². The van der Waals surface area contributed by atoms with Crippen LogP contribution in [0.5, 0.6) is 0 Å². The van der Waals surface area contributed by atoms with Gasteiger partial charge in [0.15, 0.2) is 0 Å². The Morgan fingerprint density at radius 3 is 2.65 bits per heavy atom. The zero-order chi connectivity index (χ0) is 24.9.